The molecule has 1 aliphatic rings. The minimum absolute atomic E-state index is 0.145. The SMILES string of the molecule is O=C(Cc1ccc(Cl)c(Cl)c1)NNC1COC1=O. The van der Waals surface area contributed by atoms with Crippen LogP contribution in [0.2, 0.25) is 10.0 Å². The molecule has 1 fully saturated rings. The second-order valence-corrected chi connectivity index (χ2v) is 4.61. The van der Waals surface area contributed by atoms with Crippen molar-refractivity contribution in [2.24, 2.45) is 0 Å². The average molecular weight is 289 g/mol. The largest absolute Gasteiger partial charge is 0.462 e. The van der Waals surface area contributed by atoms with Crippen LogP contribution in [0.5, 0.6) is 0 Å². The van der Waals surface area contributed by atoms with Gasteiger partial charge in [0, 0.05) is 0 Å². The number of cyclic esters (lactones) is 1. The zero-order valence-electron chi connectivity index (χ0n) is 9.20. The van der Waals surface area contributed by atoms with Crippen molar-refractivity contribution in [3.63, 3.8) is 0 Å². The monoisotopic (exact) mass is 288 g/mol. The Balaban J connectivity index is 1.83. The third-order valence-corrected chi connectivity index (χ3v) is 3.15. The highest BCUT2D eigenvalue weighted by Crippen LogP contribution is 2.22. The molecular weight excluding hydrogens is 279 g/mol. The lowest BCUT2D eigenvalue weighted by molar-refractivity contribution is -0.163. The third kappa shape index (κ3) is 3.13. The minimum atomic E-state index is -0.456. The Kier molecular flexibility index (Phi) is 4.06. The van der Waals surface area contributed by atoms with Crippen molar-refractivity contribution in [2.45, 2.75) is 12.5 Å². The molecule has 1 unspecified atom stereocenters. The molecule has 1 aromatic carbocycles. The number of carbonyl (C=O) groups is 2. The van der Waals surface area contributed by atoms with Crippen molar-refractivity contribution in [1.29, 1.82) is 0 Å². The van der Waals surface area contributed by atoms with Gasteiger partial charge in [-0.05, 0) is 17.7 Å². The van der Waals surface area contributed by atoms with Crippen LogP contribution in [-0.2, 0) is 20.7 Å². The molecule has 1 heterocycles. The summed E-state index contributed by atoms with van der Waals surface area (Å²) < 4.78 is 4.54. The lowest BCUT2D eigenvalue weighted by Gasteiger charge is -2.25. The number of ether oxygens (including phenoxy) is 1. The van der Waals surface area contributed by atoms with E-state index in [9.17, 15) is 9.59 Å². The zero-order chi connectivity index (χ0) is 13.1. The Morgan fingerprint density at radius 1 is 1.39 bits per heavy atom. The summed E-state index contributed by atoms with van der Waals surface area (Å²) in [7, 11) is 0. The van der Waals surface area contributed by atoms with Gasteiger partial charge in [0.05, 0.1) is 16.5 Å². The number of benzene rings is 1. The van der Waals surface area contributed by atoms with Crippen LogP contribution in [0, 0.1) is 0 Å². The fraction of sp³-hybridized carbons (Fsp3) is 0.273. The molecule has 5 nitrogen and oxygen atoms in total. The van der Waals surface area contributed by atoms with Crippen molar-refractivity contribution >= 4 is 35.1 Å². The van der Waals surface area contributed by atoms with Crippen molar-refractivity contribution in [2.75, 3.05) is 6.61 Å². The highest BCUT2D eigenvalue weighted by Gasteiger charge is 2.30. The molecule has 96 valence electrons. The van der Waals surface area contributed by atoms with Gasteiger partial charge in [-0.15, -0.1) is 0 Å². The molecule has 2 rings (SSSR count). The lowest BCUT2D eigenvalue weighted by atomic mass is 10.1. The van der Waals surface area contributed by atoms with Gasteiger partial charge in [-0.3, -0.25) is 15.0 Å². The first kappa shape index (κ1) is 13.1. The maximum absolute atomic E-state index is 11.6. The number of hydrazine groups is 1. The second-order valence-electron chi connectivity index (χ2n) is 3.80. The highest BCUT2D eigenvalue weighted by molar-refractivity contribution is 6.42. The van der Waals surface area contributed by atoms with Crippen molar-refractivity contribution in [3.05, 3.63) is 33.8 Å². The molecule has 18 heavy (non-hydrogen) atoms. The summed E-state index contributed by atoms with van der Waals surface area (Å²) in [5, 5.41) is 0.841. The fourth-order valence-electron chi connectivity index (χ4n) is 1.38. The predicted molar refractivity (Wildman–Crippen MR) is 66.2 cm³/mol. The van der Waals surface area contributed by atoms with Gasteiger partial charge in [-0.2, -0.15) is 0 Å². The van der Waals surface area contributed by atoms with E-state index >= 15 is 0 Å². The molecule has 2 N–H and O–H groups in total. The number of halogens is 2. The van der Waals surface area contributed by atoms with Crippen LogP contribution in [0.15, 0.2) is 18.2 Å². The molecule has 1 amide bonds. The number of hydrogen-bond acceptors (Lipinski definition) is 4. The van der Waals surface area contributed by atoms with E-state index in [2.05, 4.69) is 15.6 Å². The second kappa shape index (κ2) is 5.56. The van der Waals surface area contributed by atoms with Gasteiger partial charge >= 0.3 is 5.97 Å². The van der Waals surface area contributed by atoms with Gasteiger partial charge in [0.2, 0.25) is 5.91 Å². The van der Waals surface area contributed by atoms with Gasteiger partial charge in [-0.25, -0.2) is 5.43 Å². The summed E-state index contributed by atoms with van der Waals surface area (Å²) in [6.07, 6.45) is 0.145. The summed E-state index contributed by atoms with van der Waals surface area (Å²) in [5.74, 6) is -0.641. The van der Waals surface area contributed by atoms with E-state index in [0.717, 1.165) is 5.56 Å². The third-order valence-electron chi connectivity index (χ3n) is 2.41. The number of hydrogen-bond donors (Lipinski definition) is 2. The van der Waals surface area contributed by atoms with Gasteiger partial charge in [0.15, 0.2) is 6.04 Å². The maximum Gasteiger partial charge on any atom is 0.328 e. The molecule has 0 radical (unpaired) electrons. The predicted octanol–water partition coefficient (Wildman–Crippen LogP) is 1.08. The van der Waals surface area contributed by atoms with Gasteiger partial charge in [0.25, 0.3) is 0 Å². The van der Waals surface area contributed by atoms with Crippen LogP contribution in [0.3, 0.4) is 0 Å². The zero-order valence-corrected chi connectivity index (χ0v) is 10.7. The summed E-state index contributed by atoms with van der Waals surface area (Å²) in [6.45, 7) is 0.270. The molecule has 0 bridgehead atoms. The number of carbonyl (C=O) groups excluding carboxylic acids is 2. The molecule has 1 aliphatic heterocycles. The summed E-state index contributed by atoms with van der Waals surface area (Å²) in [5.41, 5.74) is 5.75. The van der Waals surface area contributed by atoms with E-state index in [4.69, 9.17) is 23.2 Å². The fourth-order valence-corrected chi connectivity index (χ4v) is 1.70. The van der Waals surface area contributed by atoms with Gasteiger partial charge in [0.1, 0.15) is 6.61 Å². The topological polar surface area (TPSA) is 67.4 Å². The molecular formula is C11H10Cl2N2O3. The minimum Gasteiger partial charge on any atom is -0.462 e. The first-order valence-electron chi connectivity index (χ1n) is 5.21. The van der Waals surface area contributed by atoms with Crippen molar-refractivity contribution < 1.29 is 14.3 Å². The number of nitrogens with one attached hydrogen (secondary N) is 2. The van der Waals surface area contributed by atoms with Crippen LogP contribution in [0.1, 0.15) is 5.56 Å². The molecule has 1 aromatic rings. The van der Waals surface area contributed by atoms with Crippen molar-refractivity contribution in [3.8, 4) is 0 Å². The number of amides is 1. The van der Waals surface area contributed by atoms with Gasteiger partial charge < -0.3 is 4.74 Å². The standard InChI is InChI=1S/C11H10Cl2N2O3/c12-7-2-1-6(3-8(7)13)4-10(16)15-14-9-5-18-11(9)17/h1-3,9,14H,4-5H2,(H,15,16). The van der Waals surface area contributed by atoms with Crippen LogP contribution in [0.4, 0.5) is 0 Å². The quantitative estimate of drug-likeness (QED) is 0.643. The van der Waals surface area contributed by atoms with E-state index in [1.165, 1.54) is 0 Å². The van der Waals surface area contributed by atoms with E-state index < -0.39 is 6.04 Å². The molecule has 0 aliphatic carbocycles. The molecule has 0 spiro atoms. The summed E-state index contributed by atoms with van der Waals surface area (Å²) in [4.78, 5) is 22.4. The van der Waals surface area contributed by atoms with E-state index in [0.29, 0.717) is 10.0 Å². The molecule has 1 saturated heterocycles. The van der Waals surface area contributed by atoms with Crippen LogP contribution in [-0.4, -0.2) is 24.5 Å². The Bertz CT molecular complexity index is 493. The van der Waals surface area contributed by atoms with E-state index in [-0.39, 0.29) is 24.9 Å². The first-order valence-corrected chi connectivity index (χ1v) is 5.97. The number of esters is 1. The molecule has 0 saturated carbocycles. The van der Waals surface area contributed by atoms with E-state index in [1.54, 1.807) is 18.2 Å². The summed E-state index contributed by atoms with van der Waals surface area (Å²) in [6, 6.07) is 4.51. The van der Waals surface area contributed by atoms with Gasteiger partial charge in [-0.1, -0.05) is 29.3 Å². The number of rotatable bonds is 4. The van der Waals surface area contributed by atoms with E-state index in [1.807, 2.05) is 0 Å². The normalized spacial score (nSPS) is 17.9. The Hall–Kier alpha value is -1.30. The summed E-state index contributed by atoms with van der Waals surface area (Å²) >= 11 is 11.6. The molecule has 1 atom stereocenters. The Morgan fingerprint density at radius 3 is 2.72 bits per heavy atom. The van der Waals surface area contributed by atoms with Crippen LogP contribution < -0.4 is 10.9 Å². The maximum atomic E-state index is 11.6. The Labute approximate surface area is 113 Å². The van der Waals surface area contributed by atoms with Crippen LogP contribution >= 0.6 is 23.2 Å². The highest BCUT2D eigenvalue weighted by atomic mass is 35.5. The molecule has 0 aromatic heterocycles. The smallest absolute Gasteiger partial charge is 0.328 e. The Morgan fingerprint density at radius 2 is 2.17 bits per heavy atom. The average Bonchev–Trinajstić information content (AvgIpc) is 2.32. The van der Waals surface area contributed by atoms with Crippen LogP contribution in [0.25, 0.3) is 0 Å². The molecule has 7 heteroatoms. The lowest BCUT2D eigenvalue weighted by Crippen LogP contribution is -2.57. The van der Waals surface area contributed by atoms with Crippen molar-refractivity contribution in [1.82, 2.24) is 10.9 Å². The first-order chi connectivity index (χ1) is 8.56.